The van der Waals surface area contributed by atoms with Gasteiger partial charge in [-0.25, -0.2) is 4.98 Å². The fourth-order valence-corrected chi connectivity index (χ4v) is 3.63. The van der Waals surface area contributed by atoms with Crippen LogP contribution in [0, 0.1) is 20.2 Å². The Labute approximate surface area is 172 Å². The summed E-state index contributed by atoms with van der Waals surface area (Å²) in [4.78, 5) is 37.3. The molecule has 0 bridgehead atoms. The SMILES string of the molecule is O=C(Nc1nc(-c2ccc3ccccc3c2)cs1)c1cc([N+](=O)[O-])cc([N+](=O)[O-])c1. The van der Waals surface area contributed by atoms with Crippen LogP contribution >= 0.6 is 11.3 Å². The number of anilines is 1. The quantitative estimate of drug-likeness (QED) is 0.356. The number of rotatable bonds is 5. The van der Waals surface area contributed by atoms with Gasteiger partial charge in [-0.3, -0.25) is 30.3 Å². The zero-order valence-electron chi connectivity index (χ0n) is 15.1. The molecule has 0 spiro atoms. The average Bonchev–Trinajstić information content (AvgIpc) is 3.21. The Balaban J connectivity index is 1.59. The highest BCUT2D eigenvalue weighted by atomic mass is 32.1. The summed E-state index contributed by atoms with van der Waals surface area (Å²) in [5, 5.41) is 28.7. The van der Waals surface area contributed by atoms with Gasteiger partial charge in [-0.15, -0.1) is 11.3 Å². The van der Waals surface area contributed by atoms with Gasteiger partial charge in [-0.1, -0.05) is 36.4 Å². The Bertz CT molecular complexity index is 1290. The van der Waals surface area contributed by atoms with Gasteiger partial charge in [0, 0.05) is 23.1 Å². The van der Waals surface area contributed by atoms with Crippen LogP contribution in [0.15, 0.2) is 66.0 Å². The van der Waals surface area contributed by atoms with E-state index in [0.29, 0.717) is 5.69 Å². The van der Waals surface area contributed by atoms with Gasteiger partial charge >= 0.3 is 0 Å². The molecule has 0 saturated carbocycles. The van der Waals surface area contributed by atoms with E-state index in [0.717, 1.165) is 34.5 Å². The first-order valence-electron chi connectivity index (χ1n) is 8.60. The van der Waals surface area contributed by atoms with Crippen LogP contribution in [0.3, 0.4) is 0 Å². The molecular weight excluding hydrogens is 408 g/mol. The number of amides is 1. The van der Waals surface area contributed by atoms with Crippen molar-refractivity contribution < 1.29 is 14.6 Å². The molecule has 0 aliphatic carbocycles. The number of hydrogen-bond donors (Lipinski definition) is 1. The molecular formula is C20H12N4O5S. The van der Waals surface area contributed by atoms with Crippen molar-refractivity contribution >= 4 is 44.5 Å². The number of nitro benzene ring substituents is 2. The van der Waals surface area contributed by atoms with Gasteiger partial charge in [-0.2, -0.15) is 0 Å². The summed E-state index contributed by atoms with van der Waals surface area (Å²) in [6, 6.07) is 16.6. The van der Waals surface area contributed by atoms with E-state index in [9.17, 15) is 25.0 Å². The number of nitrogens with one attached hydrogen (secondary N) is 1. The second-order valence-electron chi connectivity index (χ2n) is 6.31. The molecule has 0 radical (unpaired) electrons. The van der Waals surface area contributed by atoms with Gasteiger partial charge in [0.2, 0.25) is 0 Å². The van der Waals surface area contributed by atoms with Crippen molar-refractivity contribution in [1.29, 1.82) is 0 Å². The Morgan fingerprint density at radius 2 is 1.57 bits per heavy atom. The minimum atomic E-state index is -0.787. The van der Waals surface area contributed by atoms with Gasteiger partial charge in [0.1, 0.15) is 0 Å². The summed E-state index contributed by atoms with van der Waals surface area (Å²) in [7, 11) is 0. The van der Waals surface area contributed by atoms with E-state index in [1.54, 1.807) is 5.38 Å². The third-order valence-corrected chi connectivity index (χ3v) is 5.11. The van der Waals surface area contributed by atoms with Gasteiger partial charge < -0.3 is 0 Å². The summed E-state index contributed by atoms with van der Waals surface area (Å²) in [6.07, 6.45) is 0. The minimum Gasteiger partial charge on any atom is -0.298 e. The Morgan fingerprint density at radius 1 is 0.900 bits per heavy atom. The van der Waals surface area contributed by atoms with Crippen molar-refractivity contribution in [3.8, 4) is 11.3 Å². The van der Waals surface area contributed by atoms with Crippen LogP contribution in [0.1, 0.15) is 10.4 Å². The van der Waals surface area contributed by atoms with Gasteiger partial charge in [-0.05, 0) is 16.8 Å². The van der Waals surface area contributed by atoms with E-state index in [1.807, 2.05) is 42.5 Å². The van der Waals surface area contributed by atoms with Crippen LogP contribution in [-0.4, -0.2) is 20.7 Å². The van der Waals surface area contributed by atoms with Crippen molar-refractivity contribution in [2.45, 2.75) is 0 Å². The number of benzene rings is 3. The monoisotopic (exact) mass is 420 g/mol. The lowest BCUT2D eigenvalue weighted by Gasteiger charge is -2.03. The molecule has 4 aromatic rings. The van der Waals surface area contributed by atoms with Crippen molar-refractivity contribution in [1.82, 2.24) is 4.98 Å². The molecule has 1 N–H and O–H groups in total. The Hall–Kier alpha value is -4.18. The number of nitrogens with zero attached hydrogens (tertiary/aromatic N) is 3. The van der Waals surface area contributed by atoms with E-state index in [-0.39, 0.29) is 10.7 Å². The molecule has 1 heterocycles. The van der Waals surface area contributed by atoms with E-state index in [1.165, 1.54) is 11.3 Å². The number of fused-ring (bicyclic) bond motifs is 1. The van der Waals surface area contributed by atoms with Crippen molar-refractivity contribution in [2.75, 3.05) is 5.32 Å². The zero-order valence-corrected chi connectivity index (χ0v) is 16.0. The fourth-order valence-electron chi connectivity index (χ4n) is 2.92. The van der Waals surface area contributed by atoms with Crippen LogP contribution in [0.2, 0.25) is 0 Å². The predicted molar refractivity (Wildman–Crippen MR) is 113 cm³/mol. The molecule has 4 rings (SSSR count). The third kappa shape index (κ3) is 3.84. The summed E-state index contributed by atoms with van der Waals surface area (Å²) in [5.74, 6) is -0.721. The Morgan fingerprint density at radius 3 is 2.23 bits per heavy atom. The lowest BCUT2D eigenvalue weighted by atomic mass is 10.1. The maximum atomic E-state index is 12.5. The molecule has 0 saturated heterocycles. The number of non-ortho nitro benzene ring substituents is 2. The van der Waals surface area contributed by atoms with Crippen molar-refractivity contribution in [3.63, 3.8) is 0 Å². The smallest absolute Gasteiger partial charge is 0.277 e. The van der Waals surface area contributed by atoms with E-state index >= 15 is 0 Å². The first kappa shape index (κ1) is 19.2. The molecule has 1 amide bonds. The molecule has 0 aliphatic rings. The molecule has 0 fully saturated rings. The maximum absolute atomic E-state index is 12.5. The molecule has 9 nitrogen and oxygen atoms in total. The van der Waals surface area contributed by atoms with E-state index in [4.69, 9.17) is 0 Å². The first-order valence-corrected chi connectivity index (χ1v) is 9.48. The highest BCUT2D eigenvalue weighted by Gasteiger charge is 2.20. The number of aromatic nitrogens is 1. The number of nitro groups is 2. The number of carbonyl (C=O) groups is 1. The van der Waals surface area contributed by atoms with Crippen molar-refractivity contribution in [2.24, 2.45) is 0 Å². The molecule has 0 unspecified atom stereocenters. The molecule has 30 heavy (non-hydrogen) atoms. The third-order valence-electron chi connectivity index (χ3n) is 4.36. The van der Waals surface area contributed by atoms with Gasteiger partial charge in [0.25, 0.3) is 17.3 Å². The van der Waals surface area contributed by atoms with Crippen LogP contribution in [0.5, 0.6) is 0 Å². The molecule has 3 aromatic carbocycles. The summed E-state index contributed by atoms with van der Waals surface area (Å²) < 4.78 is 0. The molecule has 0 atom stereocenters. The summed E-state index contributed by atoms with van der Waals surface area (Å²) >= 11 is 1.18. The molecule has 10 heteroatoms. The average molecular weight is 420 g/mol. The normalized spacial score (nSPS) is 10.7. The minimum absolute atomic E-state index is 0.196. The summed E-state index contributed by atoms with van der Waals surface area (Å²) in [6.45, 7) is 0. The fraction of sp³-hybridized carbons (Fsp3) is 0. The van der Waals surface area contributed by atoms with Gasteiger partial charge in [0.15, 0.2) is 5.13 Å². The van der Waals surface area contributed by atoms with E-state index in [2.05, 4.69) is 10.3 Å². The van der Waals surface area contributed by atoms with E-state index < -0.39 is 27.1 Å². The Kier molecular flexibility index (Phi) is 4.90. The van der Waals surface area contributed by atoms with Crippen LogP contribution in [-0.2, 0) is 0 Å². The number of carbonyl (C=O) groups excluding carboxylic acids is 1. The second-order valence-corrected chi connectivity index (χ2v) is 7.16. The largest absolute Gasteiger partial charge is 0.298 e. The van der Waals surface area contributed by atoms with Crippen LogP contribution in [0.25, 0.3) is 22.0 Å². The predicted octanol–water partition coefficient (Wildman–Crippen LogP) is 5.03. The van der Waals surface area contributed by atoms with Crippen LogP contribution < -0.4 is 5.32 Å². The zero-order chi connectivity index (χ0) is 21.3. The van der Waals surface area contributed by atoms with Gasteiger partial charge in [0.05, 0.1) is 27.2 Å². The lowest BCUT2D eigenvalue weighted by Crippen LogP contribution is -2.12. The highest BCUT2D eigenvalue weighted by Crippen LogP contribution is 2.29. The maximum Gasteiger partial charge on any atom is 0.277 e. The van der Waals surface area contributed by atoms with Crippen molar-refractivity contribution in [3.05, 3.63) is 91.8 Å². The lowest BCUT2D eigenvalue weighted by molar-refractivity contribution is -0.394. The molecule has 148 valence electrons. The molecule has 0 aliphatic heterocycles. The number of thiazole rings is 1. The summed E-state index contributed by atoms with van der Waals surface area (Å²) in [5.41, 5.74) is 0.261. The number of hydrogen-bond acceptors (Lipinski definition) is 7. The molecule has 1 aromatic heterocycles. The topological polar surface area (TPSA) is 128 Å². The first-order chi connectivity index (χ1) is 14.4. The van der Waals surface area contributed by atoms with Crippen LogP contribution in [0.4, 0.5) is 16.5 Å². The second kappa shape index (κ2) is 7.68. The highest BCUT2D eigenvalue weighted by molar-refractivity contribution is 7.14. The standard InChI is InChI=1S/C20H12N4O5S/c25-19(15-8-16(23(26)27)10-17(9-15)24(28)29)22-20-21-18(11-30-20)14-6-5-12-3-1-2-4-13(12)7-14/h1-11H,(H,21,22,25).